The first-order chi connectivity index (χ1) is 19.1. The summed E-state index contributed by atoms with van der Waals surface area (Å²) >= 11 is 0. The molecule has 39 heavy (non-hydrogen) atoms. The fraction of sp³-hybridized carbons (Fsp3) is 0.143. The van der Waals surface area contributed by atoms with Crippen LogP contribution in [-0.2, 0) is 4.79 Å². The van der Waals surface area contributed by atoms with E-state index in [4.69, 9.17) is 0 Å². The Balaban J connectivity index is 1.35. The third-order valence-corrected chi connectivity index (χ3v) is 7.84. The Morgan fingerprint density at radius 2 is 1.46 bits per heavy atom. The maximum absolute atomic E-state index is 11.3. The van der Waals surface area contributed by atoms with Crippen LogP contribution in [0.3, 0.4) is 0 Å². The molecule has 190 valence electrons. The Bertz CT molecular complexity index is 1570. The summed E-state index contributed by atoms with van der Waals surface area (Å²) in [4.78, 5) is 13.8. The smallest absolute Gasteiger partial charge is 0.346 e. The average molecular weight is 509 g/mol. The van der Waals surface area contributed by atoms with Gasteiger partial charge in [0.05, 0.1) is 0 Å². The van der Waals surface area contributed by atoms with Crippen molar-refractivity contribution in [3.8, 4) is 6.07 Å². The summed E-state index contributed by atoms with van der Waals surface area (Å²) in [5.41, 5.74) is 8.78. The molecule has 0 spiro atoms. The number of hydrogen-bond acceptors (Lipinski definition) is 3. The molecular weight excluding hydrogens is 480 g/mol. The normalized spacial score (nSPS) is 17.7. The molecule has 1 saturated carbocycles. The highest BCUT2D eigenvalue weighted by molar-refractivity contribution is 5.96. The topological polar surface area (TPSA) is 64.3 Å². The van der Waals surface area contributed by atoms with Crippen molar-refractivity contribution < 1.29 is 9.90 Å². The highest BCUT2D eigenvalue weighted by Gasteiger charge is 2.42. The van der Waals surface area contributed by atoms with Crippen LogP contribution >= 0.6 is 0 Å². The summed E-state index contributed by atoms with van der Waals surface area (Å²) in [5.74, 6) is -0.791. The first kappa shape index (κ1) is 24.5. The molecule has 6 rings (SSSR count). The number of hydrogen-bond donors (Lipinski definition) is 1. The van der Waals surface area contributed by atoms with Crippen LogP contribution in [0.25, 0.3) is 17.7 Å². The van der Waals surface area contributed by atoms with Gasteiger partial charge in [-0.2, -0.15) is 5.26 Å². The monoisotopic (exact) mass is 508 g/mol. The van der Waals surface area contributed by atoms with Crippen LogP contribution in [-0.4, -0.2) is 17.1 Å². The molecule has 4 aromatic carbocycles. The van der Waals surface area contributed by atoms with Crippen molar-refractivity contribution in [2.75, 3.05) is 4.90 Å². The molecule has 0 saturated heterocycles. The van der Waals surface area contributed by atoms with Gasteiger partial charge in [-0.15, -0.1) is 0 Å². The van der Waals surface area contributed by atoms with Crippen LogP contribution in [0.1, 0.15) is 53.0 Å². The van der Waals surface area contributed by atoms with E-state index in [1.165, 1.54) is 40.4 Å². The molecular formula is C35H28N2O2. The van der Waals surface area contributed by atoms with E-state index in [0.717, 1.165) is 29.7 Å². The Kier molecular flexibility index (Phi) is 6.57. The largest absolute Gasteiger partial charge is 0.477 e. The second-order valence-electron chi connectivity index (χ2n) is 10.1. The van der Waals surface area contributed by atoms with Crippen molar-refractivity contribution in [3.63, 3.8) is 0 Å². The number of fused-ring (bicyclic) bond motifs is 3. The fourth-order valence-corrected chi connectivity index (χ4v) is 6.08. The Morgan fingerprint density at radius 3 is 2.08 bits per heavy atom. The minimum atomic E-state index is -1.20. The second kappa shape index (κ2) is 10.5. The van der Waals surface area contributed by atoms with Crippen LogP contribution in [0.2, 0.25) is 0 Å². The van der Waals surface area contributed by atoms with E-state index in [0.29, 0.717) is 12.0 Å². The van der Waals surface area contributed by atoms with Gasteiger partial charge in [-0.25, -0.2) is 4.79 Å². The minimum absolute atomic E-state index is 0.248. The van der Waals surface area contributed by atoms with Crippen molar-refractivity contribution in [2.24, 2.45) is 0 Å². The average Bonchev–Trinajstić information content (AvgIpc) is 3.57. The van der Waals surface area contributed by atoms with Crippen molar-refractivity contribution in [3.05, 3.63) is 137 Å². The van der Waals surface area contributed by atoms with Gasteiger partial charge in [0.15, 0.2) is 0 Å². The van der Waals surface area contributed by atoms with Gasteiger partial charge in [-0.3, -0.25) is 0 Å². The van der Waals surface area contributed by atoms with Gasteiger partial charge in [0.25, 0.3) is 0 Å². The number of carboxylic acid groups (broad SMARTS) is 1. The molecule has 0 amide bonds. The van der Waals surface area contributed by atoms with Crippen molar-refractivity contribution in [1.82, 2.24) is 0 Å². The molecule has 0 radical (unpaired) electrons. The SMILES string of the molecule is N#C/C(=C\c1ccc2c(c1)[C@H]1CCC[C@@H]1N2c1ccc(C=C(c2ccccc2)c2ccccc2)cc1)C(=O)O. The van der Waals surface area contributed by atoms with E-state index in [1.807, 2.05) is 18.2 Å². The predicted molar refractivity (Wildman–Crippen MR) is 156 cm³/mol. The zero-order valence-electron chi connectivity index (χ0n) is 21.5. The first-order valence-corrected chi connectivity index (χ1v) is 13.3. The molecule has 2 aliphatic rings. The fourth-order valence-electron chi connectivity index (χ4n) is 6.08. The maximum Gasteiger partial charge on any atom is 0.346 e. The lowest BCUT2D eigenvalue weighted by atomic mass is 9.95. The zero-order chi connectivity index (χ0) is 26.8. The van der Waals surface area contributed by atoms with E-state index >= 15 is 0 Å². The third-order valence-electron chi connectivity index (χ3n) is 7.84. The number of benzene rings is 4. The Morgan fingerprint density at radius 1 is 0.821 bits per heavy atom. The molecule has 1 N–H and O–H groups in total. The standard InChI is InChI=1S/C35H28N2O2/c36-23-28(35(38)39)20-25-16-19-34-32(22-25)30-12-7-13-33(30)37(34)29-17-14-24(15-18-29)21-31(26-8-3-1-4-9-26)27-10-5-2-6-11-27/h1-6,8-11,14-22,30,33H,7,12-13H2,(H,38,39)/b28-20+/t30-,33+/m1/s1. The number of aliphatic carboxylic acids is 1. The molecule has 1 aliphatic carbocycles. The first-order valence-electron chi connectivity index (χ1n) is 13.3. The Labute approximate surface area is 228 Å². The number of nitriles is 1. The van der Waals surface area contributed by atoms with E-state index in [-0.39, 0.29) is 5.57 Å². The van der Waals surface area contributed by atoms with Gasteiger partial charge in [0, 0.05) is 23.3 Å². The molecule has 0 bridgehead atoms. The molecule has 1 aliphatic heterocycles. The zero-order valence-corrected chi connectivity index (χ0v) is 21.5. The van der Waals surface area contributed by atoms with E-state index in [9.17, 15) is 15.2 Å². The molecule has 4 nitrogen and oxygen atoms in total. The van der Waals surface area contributed by atoms with Crippen molar-refractivity contribution in [1.29, 1.82) is 5.26 Å². The van der Waals surface area contributed by atoms with Gasteiger partial charge in [0.1, 0.15) is 11.6 Å². The number of carboxylic acids is 1. The lowest BCUT2D eigenvalue weighted by molar-refractivity contribution is -0.132. The quantitative estimate of drug-likeness (QED) is 0.163. The van der Waals surface area contributed by atoms with E-state index in [1.54, 1.807) is 6.07 Å². The lowest BCUT2D eigenvalue weighted by Crippen LogP contribution is -2.26. The summed E-state index contributed by atoms with van der Waals surface area (Å²) in [6.07, 6.45) is 7.12. The van der Waals surface area contributed by atoms with Gasteiger partial charge < -0.3 is 10.0 Å². The summed E-state index contributed by atoms with van der Waals surface area (Å²) < 4.78 is 0. The summed E-state index contributed by atoms with van der Waals surface area (Å²) in [6.45, 7) is 0. The molecule has 4 heteroatoms. The molecule has 1 fully saturated rings. The van der Waals surface area contributed by atoms with Gasteiger partial charge >= 0.3 is 5.97 Å². The maximum atomic E-state index is 11.3. The molecule has 1 heterocycles. The van der Waals surface area contributed by atoms with Crippen LogP contribution < -0.4 is 4.90 Å². The molecule has 2 atom stereocenters. The number of rotatable bonds is 6. The number of anilines is 2. The molecule has 0 unspecified atom stereocenters. The third kappa shape index (κ3) is 4.76. The van der Waals surface area contributed by atoms with Crippen molar-refractivity contribution >= 4 is 35.1 Å². The lowest BCUT2D eigenvalue weighted by Gasteiger charge is -2.27. The van der Waals surface area contributed by atoms with Crippen molar-refractivity contribution in [2.45, 2.75) is 31.2 Å². The van der Waals surface area contributed by atoms with Crippen LogP contribution in [0.5, 0.6) is 0 Å². The highest BCUT2D eigenvalue weighted by atomic mass is 16.4. The van der Waals surface area contributed by atoms with Crippen LogP contribution in [0, 0.1) is 11.3 Å². The predicted octanol–water partition coefficient (Wildman–Crippen LogP) is 8.05. The van der Waals surface area contributed by atoms with Crippen LogP contribution in [0.15, 0.2) is 109 Å². The summed E-state index contributed by atoms with van der Waals surface area (Å²) in [5, 5.41) is 18.5. The molecule has 4 aromatic rings. The number of carbonyl (C=O) groups is 1. The van der Waals surface area contributed by atoms with E-state index < -0.39 is 5.97 Å². The Hall–Kier alpha value is -4.88. The summed E-state index contributed by atoms with van der Waals surface area (Å²) in [6, 6.07) is 38.0. The van der Waals surface area contributed by atoms with Crippen LogP contribution in [0.4, 0.5) is 11.4 Å². The highest BCUT2D eigenvalue weighted by Crippen LogP contribution is 2.52. The number of nitrogens with zero attached hydrogens (tertiary/aromatic N) is 2. The molecule has 0 aromatic heterocycles. The summed E-state index contributed by atoms with van der Waals surface area (Å²) in [7, 11) is 0. The van der Waals surface area contributed by atoms with Gasteiger partial charge in [-0.05, 0) is 82.6 Å². The van der Waals surface area contributed by atoms with E-state index in [2.05, 4.69) is 95.9 Å². The second-order valence-corrected chi connectivity index (χ2v) is 10.1. The minimum Gasteiger partial charge on any atom is -0.477 e. The van der Waals surface area contributed by atoms with Gasteiger partial charge in [0.2, 0.25) is 0 Å². The van der Waals surface area contributed by atoms with Gasteiger partial charge in [-0.1, -0.05) is 85.3 Å².